The minimum Gasteiger partial charge on any atom is -0.477 e. The van der Waals surface area contributed by atoms with Crippen molar-refractivity contribution in [3.8, 4) is 0 Å². The van der Waals surface area contributed by atoms with E-state index in [1.165, 1.54) is 0 Å². The van der Waals surface area contributed by atoms with E-state index in [4.69, 9.17) is 9.94 Å². The predicted octanol–water partition coefficient (Wildman–Crippen LogP) is 4.07. The van der Waals surface area contributed by atoms with Gasteiger partial charge in [-0.1, -0.05) is 96.2 Å². The smallest absolute Gasteiger partial charge is 0.350 e. The second-order valence-electron chi connectivity index (χ2n) is 5.44. The molecular weight excluding hydrogens is 314 g/mol. The molecule has 3 aromatic carbocycles. The summed E-state index contributed by atoms with van der Waals surface area (Å²) in [5.74, 6) is -1.16. The Bertz CT molecular complexity index is 749. The summed E-state index contributed by atoms with van der Waals surface area (Å²) < 4.78 is 0. The van der Waals surface area contributed by atoms with Crippen molar-refractivity contribution in [3.63, 3.8) is 0 Å². The highest BCUT2D eigenvalue weighted by Crippen LogP contribution is 2.40. The van der Waals surface area contributed by atoms with Gasteiger partial charge < -0.3 is 9.94 Å². The lowest BCUT2D eigenvalue weighted by Gasteiger charge is -2.33. The van der Waals surface area contributed by atoms with E-state index < -0.39 is 11.6 Å². The van der Waals surface area contributed by atoms with E-state index in [0.717, 1.165) is 22.9 Å². The molecule has 0 bridgehead atoms. The first kappa shape index (κ1) is 16.5. The second-order valence-corrected chi connectivity index (χ2v) is 5.44. The van der Waals surface area contributed by atoms with Crippen LogP contribution >= 0.6 is 0 Å². The van der Waals surface area contributed by atoms with Crippen LogP contribution in [0.4, 0.5) is 0 Å². The zero-order valence-electron chi connectivity index (χ0n) is 13.4. The molecule has 3 rings (SSSR count). The van der Waals surface area contributed by atoms with Gasteiger partial charge in [0.15, 0.2) is 6.21 Å². The summed E-state index contributed by atoms with van der Waals surface area (Å²) in [7, 11) is 0. The van der Waals surface area contributed by atoms with E-state index in [2.05, 4.69) is 5.16 Å². The van der Waals surface area contributed by atoms with Crippen LogP contribution in [0.5, 0.6) is 0 Å². The second kappa shape index (κ2) is 7.45. The van der Waals surface area contributed by atoms with Crippen LogP contribution in [0.2, 0.25) is 0 Å². The normalized spacial score (nSPS) is 11.4. The number of hydrogen-bond acceptors (Lipinski definition) is 3. The number of carboxylic acid groups (broad SMARTS) is 1. The van der Waals surface area contributed by atoms with Gasteiger partial charge in [0.25, 0.3) is 0 Å². The molecule has 0 atom stereocenters. The lowest BCUT2D eigenvalue weighted by atomic mass is 9.80. The van der Waals surface area contributed by atoms with Crippen molar-refractivity contribution in [1.29, 1.82) is 0 Å². The summed E-state index contributed by atoms with van der Waals surface area (Å²) in [6.45, 7) is 0. The molecule has 25 heavy (non-hydrogen) atoms. The first-order chi connectivity index (χ1) is 12.2. The number of aliphatic carboxylic acids is 1. The quantitative estimate of drug-likeness (QED) is 0.421. The van der Waals surface area contributed by atoms with E-state index >= 15 is 0 Å². The molecule has 0 saturated heterocycles. The standard InChI is InChI=1S/C21H17NO3/c23-20(24)16-22-25-21(17-10-4-1-5-11-17,18-12-6-2-7-13-18)19-14-8-3-9-15-19/h1-16H,(H,23,24)/b22-16+. The van der Waals surface area contributed by atoms with E-state index in [1.54, 1.807) is 0 Å². The summed E-state index contributed by atoms with van der Waals surface area (Å²) in [4.78, 5) is 16.8. The van der Waals surface area contributed by atoms with Crippen molar-refractivity contribution in [2.24, 2.45) is 5.16 Å². The number of oxime groups is 1. The number of carbonyl (C=O) groups is 1. The van der Waals surface area contributed by atoms with Crippen molar-refractivity contribution in [3.05, 3.63) is 108 Å². The molecule has 0 aromatic heterocycles. The van der Waals surface area contributed by atoms with Gasteiger partial charge in [-0.2, -0.15) is 0 Å². The van der Waals surface area contributed by atoms with E-state index in [1.807, 2.05) is 91.0 Å². The van der Waals surface area contributed by atoms with Crippen LogP contribution in [0.25, 0.3) is 0 Å². The van der Waals surface area contributed by atoms with Gasteiger partial charge >= 0.3 is 5.97 Å². The van der Waals surface area contributed by atoms with Crippen LogP contribution in [-0.4, -0.2) is 17.3 Å². The Balaban J connectivity index is 2.25. The lowest BCUT2D eigenvalue weighted by molar-refractivity contribution is -0.129. The highest BCUT2D eigenvalue weighted by molar-refractivity contribution is 6.21. The van der Waals surface area contributed by atoms with E-state index in [-0.39, 0.29) is 0 Å². The van der Waals surface area contributed by atoms with Gasteiger partial charge in [0.05, 0.1) is 0 Å². The summed E-state index contributed by atoms with van der Waals surface area (Å²) in [5.41, 5.74) is 1.52. The highest BCUT2D eigenvalue weighted by atomic mass is 16.7. The van der Waals surface area contributed by atoms with Crippen LogP contribution in [-0.2, 0) is 15.2 Å². The predicted molar refractivity (Wildman–Crippen MR) is 96.4 cm³/mol. The molecule has 4 heteroatoms. The maximum atomic E-state index is 10.9. The highest BCUT2D eigenvalue weighted by Gasteiger charge is 2.39. The molecule has 4 nitrogen and oxygen atoms in total. The molecule has 0 heterocycles. The molecule has 0 aliphatic carbocycles. The first-order valence-corrected chi connectivity index (χ1v) is 7.84. The lowest BCUT2D eigenvalue weighted by Crippen LogP contribution is -2.31. The van der Waals surface area contributed by atoms with Crippen LogP contribution < -0.4 is 0 Å². The van der Waals surface area contributed by atoms with E-state index in [9.17, 15) is 4.79 Å². The monoisotopic (exact) mass is 331 g/mol. The third kappa shape index (κ3) is 3.43. The molecule has 0 saturated carbocycles. The molecule has 0 unspecified atom stereocenters. The number of benzene rings is 3. The van der Waals surface area contributed by atoms with Crippen molar-refractivity contribution in [2.75, 3.05) is 0 Å². The summed E-state index contributed by atoms with van der Waals surface area (Å²) in [6, 6.07) is 28.9. The zero-order valence-corrected chi connectivity index (χ0v) is 13.4. The first-order valence-electron chi connectivity index (χ1n) is 7.84. The summed E-state index contributed by atoms with van der Waals surface area (Å²) >= 11 is 0. The Morgan fingerprint density at radius 2 is 1.12 bits per heavy atom. The van der Waals surface area contributed by atoms with Gasteiger partial charge in [0.2, 0.25) is 5.60 Å². The molecular formula is C21H17NO3. The largest absolute Gasteiger partial charge is 0.477 e. The molecule has 0 spiro atoms. The van der Waals surface area contributed by atoms with Crippen molar-refractivity contribution >= 4 is 12.2 Å². The number of nitrogens with zero attached hydrogens (tertiary/aromatic N) is 1. The molecule has 0 radical (unpaired) electrons. The summed E-state index contributed by atoms with van der Waals surface area (Å²) in [6.07, 6.45) is 0.754. The third-order valence-corrected chi connectivity index (χ3v) is 3.89. The summed E-state index contributed by atoms with van der Waals surface area (Å²) in [5, 5.41) is 12.6. The minimum absolute atomic E-state index is 0.754. The van der Waals surface area contributed by atoms with Gasteiger partial charge in [0, 0.05) is 16.7 Å². The Morgan fingerprint density at radius 1 is 0.760 bits per heavy atom. The fraction of sp³-hybridized carbons (Fsp3) is 0.0476. The van der Waals surface area contributed by atoms with Crippen molar-refractivity contribution in [2.45, 2.75) is 5.60 Å². The average molecular weight is 331 g/mol. The minimum atomic E-state index is -1.16. The molecule has 0 amide bonds. The van der Waals surface area contributed by atoms with E-state index in [0.29, 0.717) is 0 Å². The maximum Gasteiger partial charge on any atom is 0.350 e. The molecule has 1 N–H and O–H groups in total. The van der Waals surface area contributed by atoms with Crippen LogP contribution in [0.1, 0.15) is 16.7 Å². The van der Waals surface area contributed by atoms with Crippen molar-refractivity contribution in [1.82, 2.24) is 0 Å². The molecule has 0 fully saturated rings. The Kier molecular flexibility index (Phi) is 4.90. The number of carboxylic acids is 1. The number of hydrogen-bond donors (Lipinski definition) is 1. The maximum absolute atomic E-state index is 10.9. The topological polar surface area (TPSA) is 58.9 Å². The number of rotatable bonds is 6. The molecule has 3 aromatic rings. The zero-order chi connectivity index (χ0) is 17.5. The molecule has 0 aliphatic heterocycles. The van der Waals surface area contributed by atoms with Crippen LogP contribution in [0.3, 0.4) is 0 Å². The third-order valence-electron chi connectivity index (χ3n) is 3.89. The van der Waals surface area contributed by atoms with Gasteiger partial charge in [-0.3, -0.25) is 0 Å². The average Bonchev–Trinajstić information content (AvgIpc) is 2.67. The van der Waals surface area contributed by atoms with Gasteiger partial charge in [0.1, 0.15) is 0 Å². The van der Waals surface area contributed by atoms with Gasteiger partial charge in [-0.25, -0.2) is 4.79 Å². The van der Waals surface area contributed by atoms with Gasteiger partial charge in [-0.15, -0.1) is 0 Å². The van der Waals surface area contributed by atoms with Crippen molar-refractivity contribution < 1.29 is 14.7 Å². The van der Waals surface area contributed by atoms with Crippen LogP contribution in [0.15, 0.2) is 96.2 Å². The SMILES string of the molecule is O=C(O)/C=N/OC(c1ccccc1)(c1ccccc1)c1ccccc1. The fourth-order valence-electron chi connectivity index (χ4n) is 2.83. The molecule has 124 valence electrons. The fourth-order valence-corrected chi connectivity index (χ4v) is 2.83. The Morgan fingerprint density at radius 3 is 1.44 bits per heavy atom. The van der Waals surface area contributed by atoms with Crippen LogP contribution in [0, 0.1) is 0 Å². The molecule has 0 aliphatic rings. The Hall–Kier alpha value is -3.40. The van der Waals surface area contributed by atoms with Gasteiger partial charge in [-0.05, 0) is 0 Å². The Labute approximate surface area is 146 Å².